The van der Waals surface area contributed by atoms with Gasteiger partial charge in [-0.25, -0.2) is 4.79 Å². The Kier molecular flexibility index (Phi) is 7.70. The summed E-state index contributed by atoms with van der Waals surface area (Å²) in [5, 5.41) is 12.2. The average molecular weight is 330 g/mol. The molecule has 0 aliphatic rings. The van der Waals surface area contributed by atoms with Crippen LogP contribution >= 0.6 is 15.9 Å². The highest BCUT2D eigenvalue weighted by molar-refractivity contribution is 9.10. The molecule has 0 atom stereocenters. The lowest BCUT2D eigenvalue weighted by Crippen LogP contribution is -2.17. The van der Waals surface area contributed by atoms with Gasteiger partial charge in [0.2, 0.25) is 0 Å². The summed E-state index contributed by atoms with van der Waals surface area (Å²) in [7, 11) is 0. The highest BCUT2D eigenvalue weighted by Crippen LogP contribution is 2.18. The van der Waals surface area contributed by atoms with Gasteiger partial charge in [0.15, 0.2) is 0 Å². The first-order valence-corrected chi connectivity index (χ1v) is 7.24. The van der Waals surface area contributed by atoms with E-state index in [1.54, 1.807) is 12.1 Å². The van der Waals surface area contributed by atoms with Crippen molar-refractivity contribution in [1.82, 2.24) is 5.32 Å². The monoisotopic (exact) mass is 329 g/mol. The maximum Gasteiger partial charge on any atom is 0.335 e. The summed E-state index contributed by atoms with van der Waals surface area (Å²) in [4.78, 5) is 10.8. The summed E-state index contributed by atoms with van der Waals surface area (Å²) >= 11 is 3.39. The Balaban J connectivity index is 2.28. The Bertz CT molecular complexity index is 410. The molecule has 106 valence electrons. The van der Waals surface area contributed by atoms with Gasteiger partial charge >= 0.3 is 5.97 Å². The Morgan fingerprint density at radius 3 is 2.84 bits per heavy atom. The molecule has 0 bridgehead atoms. The summed E-state index contributed by atoms with van der Waals surface area (Å²) in [6.07, 6.45) is 2.03. The molecule has 0 heterocycles. The lowest BCUT2D eigenvalue weighted by Gasteiger charge is -2.08. The number of carboxylic acids is 1. The molecule has 1 aromatic rings. The van der Waals surface area contributed by atoms with Crippen LogP contribution in [-0.4, -0.2) is 30.8 Å². The van der Waals surface area contributed by atoms with Gasteiger partial charge < -0.3 is 15.2 Å². The molecule has 4 nitrogen and oxygen atoms in total. The number of hydrogen-bond acceptors (Lipinski definition) is 3. The second kappa shape index (κ2) is 9.07. The van der Waals surface area contributed by atoms with E-state index in [1.807, 2.05) is 6.07 Å². The SMILES string of the molecule is CCCOCCCNCc1ccc(C(=O)O)cc1Br. The Morgan fingerprint density at radius 2 is 2.21 bits per heavy atom. The molecule has 0 aromatic heterocycles. The topological polar surface area (TPSA) is 58.6 Å². The van der Waals surface area contributed by atoms with Gasteiger partial charge in [-0.15, -0.1) is 0 Å². The number of carbonyl (C=O) groups is 1. The minimum Gasteiger partial charge on any atom is -0.478 e. The van der Waals surface area contributed by atoms with Crippen LogP contribution in [-0.2, 0) is 11.3 Å². The maximum absolute atomic E-state index is 10.8. The van der Waals surface area contributed by atoms with E-state index >= 15 is 0 Å². The van der Waals surface area contributed by atoms with Crippen LogP contribution in [0.15, 0.2) is 22.7 Å². The van der Waals surface area contributed by atoms with Gasteiger partial charge in [-0.2, -0.15) is 0 Å². The quantitative estimate of drug-likeness (QED) is 0.683. The van der Waals surface area contributed by atoms with Crippen molar-refractivity contribution in [1.29, 1.82) is 0 Å². The van der Waals surface area contributed by atoms with E-state index in [0.717, 1.165) is 42.6 Å². The van der Waals surface area contributed by atoms with Gasteiger partial charge in [0.1, 0.15) is 0 Å². The van der Waals surface area contributed by atoms with E-state index in [2.05, 4.69) is 28.2 Å². The summed E-state index contributed by atoms with van der Waals surface area (Å²) in [5.74, 6) is -0.909. The first kappa shape index (κ1) is 16.1. The van der Waals surface area contributed by atoms with E-state index in [4.69, 9.17) is 9.84 Å². The zero-order chi connectivity index (χ0) is 14.1. The van der Waals surface area contributed by atoms with Gasteiger partial charge in [-0.05, 0) is 37.1 Å². The molecule has 0 unspecified atom stereocenters. The minimum absolute atomic E-state index is 0.295. The first-order valence-electron chi connectivity index (χ1n) is 6.45. The molecule has 0 fully saturated rings. The zero-order valence-corrected chi connectivity index (χ0v) is 12.7. The third-order valence-electron chi connectivity index (χ3n) is 2.61. The second-order valence-corrected chi connectivity index (χ2v) is 5.11. The van der Waals surface area contributed by atoms with Crippen molar-refractivity contribution >= 4 is 21.9 Å². The van der Waals surface area contributed by atoms with Crippen LogP contribution in [0, 0.1) is 0 Å². The van der Waals surface area contributed by atoms with E-state index in [1.165, 1.54) is 0 Å². The van der Waals surface area contributed by atoms with Crippen LogP contribution < -0.4 is 5.32 Å². The number of rotatable bonds is 9. The standard InChI is InChI=1S/C14H20BrNO3/c1-2-7-19-8-3-6-16-10-12-5-4-11(14(17)18)9-13(12)15/h4-5,9,16H,2-3,6-8,10H2,1H3,(H,17,18). The van der Waals surface area contributed by atoms with Crippen molar-refractivity contribution < 1.29 is 14.6 Å². The van der Waals surface area contributed by atoms with Gasteiger partial charge in [0.25, 0.3) is 0 Å². The fraction of sp³-hybridized carbons (Fsp3) is 0.500. The van der Waals surface area contributed by atoms with E-state index in [0.29, 0.717) is 12.1 Å². The first-order chi connectivity index (χ1) is 9.15. The Hall–Kier alpha value is -0.910. The smallest absolute Gasteiger partial charge is 0.335 e. The molecule has 1 aromatic carbocycles. The van der Waals surface area contributed by atoms with Crippen LogP contribution in [0.5, 0.6) is 0 Å². The van der Waals surface area contributed by atoms with Crippen molar-refractivity contribution in [2.45, 2.75) is 26.3 Å². The lowest BCUT2D eigenvalue weighted by atomic mass is 10.1. The zero-order valence-electron chi connectivity index (χ0n) is 11.1. The molecule has 0 amide bonds. The molecule has 5 heteroatoms. The van der Waals surface area contributed by atoms with Crippen molar-refractivity contribution in [2.75, 3.05) is 19.8 Å². The highest BCUT2D eigenvalue weighted by atomic mass is 79.9. The summed E-state index contributed by atoms with van der Waals surface area (Å²) in [6.45, 7) is 5.30. The molecule has 19 heavy (non-hydrogen) atoms. The number of hydrogen-bond donors (Lipinski definition) is 2. The molecule has 1 rings (SSSR count). The normalized spacial score (nSPS) is 10.6. The van der Waals surface area contributed by atoms with Crippen molar-refractivity contribution in [2.24, 2.45) is 0 Å². The van der Waals surface area contributed by atoms with Crippen molar-refractivity contribution in [3.63, 3.8) is 0 Å². The lowest BCUT2D eigenvalue weighted by molar-refractivity contribution is 0.0697. The third kappa shape index (κ3) is 6.18. The van der Waals surface area contributed by atoms with E-state index in [-0.39, 0.29) is 0 Å². The Morgan fingerprint density at radius 1 is 1.42 bits per heavy atom. The van der Waals surface area contributed by atoms with Crippen molar-refractivity contribution in [3.8, 4) is 0 Å². The van der Waals surface area contributed by atoms with Crippen LogP contribution in [0.2, 0.25) is 0 Å². The molecule has 0 saturated heterocycles. The van der Waals surface area contributed by atoms with Gasteiger partial charge in [0.05, 0.1) is 5.56 Å². The molecule has 0 radical (unpaired) electrons. The molecular weight excluding hydrogens is 310 g/mol. The number of ether oxygens (including phenoxy) is 1. The number of aromatic carboxylic acids is 1. The molecule has 0 spiro atoms. The van der Waals surface area contributed by atoms with Gasteiger partial charge in [-0.1, -0.05) is 28.9 Å². The Labute approximate surface area is 122 Å². The average Bonchev–Trinajstić information content (AvgIpc) is 2.39. The maximum atomic E-state index is 10.8. The van der Waals surface area contributed by atoms with E-state index in [9.17, 15) is 4.79 Å². The fourth-order valence-electron chi connectivity index (χ4n) is 1.59. The predicted molar refractivity (Wildman–Crippen MR) is 78.5 cm³/mol. The summed E-state index contributed by atoms with van der Waals surface area (Å²) in [5.41, 5.74) is 1.35. The molecule has 0 saturated carbocycles. The van der Waals surface area contributed by atoms with Crippen LogP contribution in [0.25, 0.3) is 0 Å². The summed E-state index contributed by atoms with van der Waals surface area (Å²) < 4.78 is 6.21. The summed E-state index contributed by atoms with van der Waals surface area (Å²) in [6, 6.07) is 5.08. The molecule has 2 N–H and O–H groups in total. The number of carboxylic acid groups (broad SMARTS) is 1. The number of nitrogens with one attached hydrogen (secondary N) is 1. The van der Waals surface area contributed by atoms with Gasteiger partial charge in [0, 0.05) is 24.2 Å². The highest BCUT2D eigenvalue weighted by Gasteiger charge is 2.06. The van der Waals surface area contributed by atoms with Crippen LogP contribution in [0.3, 0.4) is 0 Å². The number of benzene rings is 1. The largest absolute Gasteiger partial charge is 0.478 e. The fourth-order valence-corrected chi connectivity index (χ4v) is 2.11. The minimum atomic E-state index is -0.909. The van der Waals surface area contributed by atoms with Crippen molar-refractivity contribution in [3.05, 3.63) is 33.8 Å². The van der Waals surface area contributed by atoms with E-state index < -0.39 is 5.97 Å². The molecule has 0 aliphatic carbocycles. The second-order valence-electron chi connectivity index (χ2n) is 4.25. The van der Waals surface area contributed by atoms with Gasteiger partial charge in [-0.3, -0.25) is 0 Å². The number of halogens is 1. The third-order valence-corrected chi connectivity index (χ3v) is 3.34. The molecular formula is C14H20BrNO3. The molecule has 0 aliphatic heterocycles. The predicted octanol–water partition coefficient (Wildman–Crippen LogP) is 3.05. The van der Waals surface area contributed by atoms with Crippen LogP contribution in [0.1, 0.15) is 35.7 Å². The van der Waals surface area contributed by atoms with Crippen LogP contribution in [0.4, 0.5) is 0 Å².